The number of imidazole rings is 1. The van der Waals surface area contributed by atoms with E-state index in [0.29, 0.717) is 5.69 Å². The van der Waals surface area contributed by atoms with Crippen LogP contribution in [0.15, 0.2) is 36.8 Å². The summed E-state index contributed by atoms with van der Waals surface area (Å²) in [6, 6.07) is 8.29. The fraction of sp³-hybridized carbons (Fsp3) is 0.368. The van der Waals surface area contributed by atoms with Crippen LogP contribution in [-0.2, 0) is 7.05 Å². The molecule has 134 valence electrons. The average molecular weight is 350 g/mol. The fourth-order valence-corrected chi connectivity index (χ4v) is 3.58. The highest BCUT2D eigenvalue weighted by Gasteiger charge is 2.25. The Hall–Kier alpha value is -2.96. The molecule has 4 rings (SSSR count). The van der Waals surface area contributed by atoms with Gasteiger partial charge in [0.1, 0.15) is 5.69 Å². The van der Waals surface area contributed by atoms with Crippen LogP contribution in [0.2, 0.25) is 0 Å². The Bertz CT molecular complexity index is 950. The second-order valence-corrected chi connectivity index (χ2v) is 6.80. The average Bonchev–Trinajstić information content (AvgIpc) is 3.09. The summed E-state index contributed by atoms with van der Waals surface area (Å²) in [4.78, 5) is 18.7. The molecule has 7 nitrogen and oxygen atoms in total. The zero-order valence-electron chi connectivity index (χ0n) is 15.0. The van der Waals surface area contributed by atoms with Crippen LogP contribution in [0.1, 0.15) is 29.0 Å². The standard InChI is InChI=1S/C19H22N6O/c1-13-15-7-3-4-8-16(15)18(23-22-13)25-9-5-6-14(11-25)21-19(26)17-10-20-12-24(17)2/h3-4,7-8,10,12,14H,5-6,9,11H2,1-2H3,(H,21,26). The molecule has 0 spiro atoms. The number of aromatic nitrogens is 4. The minimum Gasteiger partial charge on any atom is -0.353 e. The first-order valence-corrected chi connectivity index (χ1v) is 8.87. The van der Waals surface area contributed by atoms with E-state index in [2.05, 4.69) is 37.5 Å². The van der Waals surface area contributed by atoms with Gasteiger partial charge in [-0.25, -0.2) is 4.98 Å². The van der Waals surface area contributed by atoms with E-state index >= 15 is 0 Å². The Morgan fingerprint density at radius 2 is 2.04 bits per heavy atom. The van der Waals surface area contributed by atoms with Gasteiger partial charge in [-0.2, -0.15) is 5.10 Å². The number of piperidine rings is 1. The van der Waals surface area contributed by atoms with E-state index < -0.39 is 0 Å². The Kier molecular flexibility index (Phi) is 4.28. The number of carbonyl (C=O) groups is 1. The molecule has 1 saturated heterocycles. The Morgan fingerprint density at radius 1 is 1.23 bits per heavy atom. The lowest BCUT2D eigenvalue weighted by Gasteiger charge is -2.34. The number of hydrogen-bond acceptors (Lipinski definition) is 5. The van der Waals surface area contributed by atoms with E-state index in [0.717, 1.165) is 48.2 Å². The van der Waals surface area contributed by atoms with Crippen molar-refractivity contribution in [1.82, 2.24) is 25.1 Å². The molecular weight excluding hydrogens is 328 g/mol. The van der Waals surface area contributed by atoms with E-state index in [1.54, 1.807) is 17.1 Å². The number of nitrogens with one attached hydrogen (secondary N) is 1. The van der Waals surface area contributed by atoms with Gasteiger partial charge in [-0.3, -0.25) is 4.79 Å². The second-order valence-electron chi connectivity index (χ2n) is 6.80. The van der Waals surface area contributed by atoms with Gasteiger partial charge in [0, 0.05) is 37.0 Å². The summed E-state index contributed by atoms with van der Waals surface area (Å²) in [6.07, 6.45) is 5.18. The Labute approximate surface area is 152 Å². The van der Waals surface area contributed by atoms with Crippen molar-refractivity contribution < 1.29 is 4.79 Å². The number of rotatable bonds is 3. The second kappa shape index (κ2) is 6.74. The molecule has 0 aliphatic carbocycles. The number of benzene rings is 1. The van der Waals surface area contributed by atoms with Crippen molar-refractivity contribution in [3.8, 4) is 0 Å². The molecule has 2 aromatic heterocycles. The van der Waals surface area contributed by atoms with Crippen LogP contribution >= 0.6 is 0 Å². The van der Waals surface area contributed by atoms with Crippen molar-refractivity contribution in [2.75, 3.05) is 18.0 Å². The van der Waals surface area contributed by atoms with Gasteiger partial charge in [0.15, 0.2) is 5.82 Å². The van der Waals surface area contributed by atoms with Crippen LogP contribution in [0, 0.1) is 6.92 Å². The van der Waals surface area contributed by atoms with Crippen LogP contribution in [0.5, 0.6) is 0 Å². The SMILES string of the molecule is Cc1nnc(N2CCCC(NC(=O)c3cncn3C)C2)c2ccccc12. The largest absolute Gasteiger partial charge is 0.353 e. The lowest BCUT2D eigenvalue weighted by atomic mass is 10.0. The molecule has 1 aliphatic rings. The molecule has 1 atom stereocenters. The quantitative estimate of drug-likeness (QED) is 0.783. The maximum absolute atomic E-state index is 12.5. The minimum absolute atomic E-state index is 0.0769. The number of hydrogen-bond donors (Lipinski definition) is 1. The van der Waals surface area contributed by atoms with Crippen LogP contribution < -0.4 is 10.2 Å². The third kappa shape index (κ3) is 3.00. The molecule has 1 amide bonds. The van der Waals surface area contributed by atoms with Crippen molar-refractivity contribution >= 4 is 22.5 Å². The highest BCUT2D eigenvalue weighted by Crippen LogP contribution is 2.27. The molecule has 3 heterocycles. The molecule has 0 radical (unpaired) electrons. The van der Waals surface area contributed by atoms with E-state index in [-0.39, 0.29) is 11.9 Å². The minimum atomic E-state index is -0.0864. The van der Waals surface area contributed by atoms with Crippen LogP contribution in [0.4, 0.5) is 5.82 Å². The van der Waals surface area contributed by atoms with Gasteiger partial charge >= 0.3 is 0 Å². The summed E-state index contributed by atoms with van der Waals surface area (Å²) >= 11 is 0. The van der Waals surface area contributed by atoms with Crippen molar-refractivity contribution in [2.24, 2.45) is 7.05 Å². The monoisotopic (exact) mass is 350 g/mol. The van der Waals surface area contributed by atoms with Crippen LogP contribution in [0.25, 0.3) is 10.8 Å². The molecule has 1 aromatic carbocycles. The first kappa shape index (κ1) is 16.5. The first-order valence-electron chi connectivity index (χ1n) is 8.87. The van der Waals surface area contributed by atoms with Gasteiger partial charge in [-0.15, -0.1) is 5.10 Å². The van der Waals surface area contributed by atoms with Gasteiger partial charge in [0.05, 0.1) is 18.2 Å². The topological polar surface area (TPSA) is 75.9 Å². The lowest BCUT2D eigenvalue weighted by Crippen LogP contribution is -2.48. The normalized spacial score (nSPS) is 17.5. The maximum atomic E-state index is 12.5. The summed E-state index contributed by atoms with van der Waals surface area (Å²) in [5, 5.41) is 14.2. The number of amides is 1. The van der Waals surface area contributed by atoms with Gasteiger partial charge in [-0.05, 0) is 19.8 Å². The van der Waals surface area contributed by atoms with Gasteiger partial charge < -0.3 is 14.8 Å². The Balaban J connectivity index is 1.55. The molecule has 7 heteroatoms. The fourth-order valence-electron chi connectivity index (χ4n) is 3.58. The van der Waals surface area contributed by atoms with Crippen LogP contribution in [0.3, 0.4) is 0 Å². The number of anilines is 1. The van der Waals surface area contributed by atoms with Crippen LogP contribution in [-0.4, -0.2) is 44.8 Å². The number of aryl methyl sites for hydroxylation is 2. The maximum Gasteiger partial charge on any atom is 0.269 e. The zero-order chi connectivity index (χ0) is 18.1. The number of nitrogens with zero attached hydrogens (tertiary/aromatic N) is 5. The summed E-state index contributed by atoms with van der Waals surface area (Å²) in [5.74, 6) is 0.808. The summed E-state index contributed by atoms with van der Waals surface area (Å²) < 4.78 is 1.73. The van der Waals surface area contributed by atoms with E-state index in [9.17, 15) is 4.79 Å². The third-order valence-corrected chi connectivity index (χ3v) is 4.96. The predicted molar refractivity (Wildman–Crippen MR) is 100 cm³/mol. The molecule has 0 bridgehead atoms. The molecule has 3 aromatic rings. The van der Waals surface area contributed by atoms with Gasteiger partial charge in [0.2, 0.25) is 0 Å². The molecule has 1 unspecified atom stereocenters. The van der Waals surface area contributed by atoms with Crippen molar-refractivity contribution in [3.05, 3.63) is 48.2 Å². The lowest BCUT2D eigenvalue weighted by molar-refractivity contribution is 0.0925. The predicted octanol–water partition coefficient (Wildman–Crippen LogP) is 2.07. The van der Waals surface area contributed by atoms with Gasteiger partial charge in [-0.1, -0.05) is 24.3 Å². The summed E-state index contributed by atoms with van der Waals surface area (Å²) in [6.45, 7) is 3.62. The van der Waals surface area contributed by atoms with E-state index in [1.165, 1.54) is 0 Å². The first-order chi connectivity index (χ1) is 12.6. The smallest absolute Gasteiger partial charge is 0.269 e. The summed E-state index contributed by atoms with van der Waals surface area (Å²) in [5.41, 5.74) is 1.50. The molecule has 0 saturated carbocycles. The Morgan fingerprint density at radius 3 is 2.81 bits per heavy atom. The van der Waals surface area contributed by atoms with Crippen molar-refractivity contribution in [3.63, 3.8) is 0 Å². The molecule has 26 heavy (non-hydrogen) atoms. The third-order valence-electron chi connectivity index (χ3n) is 4.96. The summed E-state index contributed by atoms with van der Waals surface area (Å²) in [7, 11) is 1.82. The van der Waals surface area contributed by atoms with Gasteiger partial charge in [0.25, 0.3) is 5.91 Å². The molecule has 1 fully saturated rings. The number of fused-ring (bicyclic) bond motifs is 1. The molecule has 1 N–H and O–H groups in total. The van der Waals surface area contributed by atoms with Crippen molar-refractivity contribution in [1.29, 1.82) is 0 Å². The molecule has 1 aliphatic heterocycles. The molecular formula is C19H22N6O. The van der Waals surface area contributed by atoms with Crippen molar-refractivity contribution in [2.45, 2.75) is 25.8 Å². The highest BCUT2D eigenvalue weighted by molar-refractivity contribution is 5.94. The van der Waals surface area contributed by atoms with E-state index in [1.807, 2.05) is 26.1 Å². The highest BCUT2D eigenvalue weighted by atomic mass is 16.2. The number of carbonyl (C=O) groups excluding carboxylic acids is 1. The zero-order valence-corrected chi connectivity index (χ0v) is 15.0. The van der Waals surface area contributed by atoms with E-state index in [4.69, 9.17) is 0 Å².